The number of phenolic OH excluding ortho intramolecular Hbond substituents is 1. The van der Waals surface area contributed by atoms with E-state index in [4.69, 9.17) is 14.1 Å². The normalized spacial score (nSPS) is 11.7. The first-order chi connectivity index (χ1) is 12.7. The standard InChI is InChI=1S/C22H17NO3/c1-25-18-10-11-21-19(13-18)20(23-16-8-5-9-17(24)12-16)14-22(26-21)15-6-3-2-4-7-15/h2-14,24H,1H3. The Morgan fingerprint density at radius 2 is 1.73 bits per heavy atom. The number of benzene rings is 3. The highest BCUT2D eigenvalue weighted by atomic mass is 16.5. The number of fused-ring (bicyclic) bond motifs is 1. The molecule has 0 amide bonds. The summed E-state index contributed by atoms with van der Waals surface area (Å²) >= 11 is 0. The van der Waals surface area contributed by atoms with Crippen molar-refractivity contribution in [1.82, 2.24) is 0 Å². The largest absolute Gasteiger partial charge is 0.508 e. The van der Waals surface area contributed by atoms with E-state index in [9.17, 15) is 5.11 Å². The second-order valence-electron chi connectivity index (χ2n) is 5.86. The average molecular weight is 343 g/mol. The lowest BCUT2D eigenvalue weighted by Crippen LogP contribution is -2.03. The summed E-state index contributed by atoms with van der Waals surface area (Å²) in [4.78, 5) is 4.72. The molecule has 4 nitrogen and oxygen atoms in total. The first-order valence-corrected chi connectivity index (χ1v) is 8.24. The molecular formula is C22H17NO3. The Bertz CT molecular complexity index is 1130. The molecule has 26 heavy (non-hydrogen) atoms. The van der Waals surface area contributed by atoms with Crippen LogP contribution < -0.4 is 10.1 Å². The SMILES string of the molecule is COc1ccc2oc(-c3ccccc3)cc(=Nc3cccc(O)c3)c2c1. The van der Waals surface area contributed by atoms with Crippen molar-refractivity contribution in [2.45, 2.75) is 0 Å². The second kappa shape index (κ2) is 6.76. The van der Waals surface area contributed by atoms with Gasteiger partial charge >= 0.3 is 0 Å². The minimum Gasteiger partial charge on any atom is -0.508 e. The van der Waals surface area contributed by atoms with Crippen LogP contribution in [0.2, 0.25) is 0 Å². The van der Waals surface area contributed by atoms with E-state index in [1.165, 1.54) is 0 Å². The molecular weight excluding hydrogens is 326 g/mol. The van der Waals surface area contributed by atoms with Gasteiger partial charge in [0.15, 0.2) is 0 Å². The summed E-state index contributed by atoms with van der Waals surface area (Å²) in [6, 6.07) is 24.3. The summed E-state index contributed by atoms with van der Waals surface area (Å²) in [5.41, 5.74) is 2.35. The molecule has 0 fully saturated rings. The van der Waals surface area contributed by atoms with Crippen LogP contribution in [0.4, 0.5) is 5.69 Å². The summed E-state index contributed by atoms with van der Waals surface area (Å²) in [7, 11) is 1.63. The van der Waals surface area contributed by atoms with Crippen molar-refractivity contribution >= 4 is 16.7 Å². The van der Waals surface area contributed by atoms with Crippen LogP contribution in [0, 0.1) is 0 Å². The minimum absolute atomic E-state index is 0.178. The predicted molar refractivity (Wildman–Crippen MR) is 102 cm³/mol. The zero-order valence-electron chi connectivity index (χ0n) is 14.2. The van der Waals surface area contributed by atoms with Crippen molar-refractivity contribution in [2.75, 3.05) is 7.11 Å². The Hall–Kier alpha value is -3.53. The van der Waals surface area contributed by atoms with Gasteiger partial charge in [-0.2, -0.15) is 0 Å². The predicted octanol–water partition coefficient (Wildman–Crippen LogP) is 5.05. The van der Waals surface area contributed by atoms with E-state index in [1.54, 1.807) is 25.3 Å². The van der Waals surface area contributed by atoms with Crippen LogP contribution in [0.15, 0.2) is 88.3 Å². The van der Waals surface area contributed by atoms with Gasteiger partial charge in [0.05, 0.1) is 18.2 Å². The number of rotatable bonds is 3. The molecule has 0 saturated heterocycles. The van der Waals surface area contributed by atoms with Crippen LogP contribution in [-0.2, 0) is 0 Å². The maximum Gasteiger partial charge on any atom is 0.137 e. The van der Waals surface area contributed by atoms with Gasteiger partial charge in [-0.3, -0.25) is 0 Å². The van der Waals surface area contributed by atoms with Crippen LogP contribution in [0.25, 0.3) is 22.3 Å². The summed E-state index contributed by atoms with van der Waals surface area (Å²) < 4.78 is 11.4. The molecule has 128 valence electrons. The monoisotopic (exact) mass is 343 g/mol. The van der Waals surface area contributed by atoms with E-state index >= 15 is 0 Å². The van der Waals surface area contributed by atoms with Crippen LogP contribution in [0.5, 0.6) is 11.5 Å². The van der Waals surface area contributed by atoms with E-state index in [1.807, 2.05) is 60.7 Å². The molecule has 0 radical (unpaired) electrons. The van der Waals surface area contributed by atoms with Gasteiger partial charge in [-0.1, -0.05) is 36.4 Å². The maximum atomic E-state index is 9.72. The van der Waals surface area contributed by atoms with Crippen molar-refractivity contribution in [1.29, 1.82) is 0 Å². The fourth-order valence-electron chi connectivity index (χ4n) is 2.81. The lowest BCUT2D eigenvalue weighted by Gasteiger charge is -2.07. The summed E-state index contributed by atoms with van der Waals surface area (Å²) in [5.74, 6) is 1.63. The Morgan fingerprint density at radius 1 is 0.885 bits per heavy atom. The number of ether oxygens (including phenoxy) is 1. The number of phenols is 1. The number of hydrogen-bond acceptors (Lipinski definition) is 4. The number of hydrogen-bond donors (Lipinski definition) is 1. The molecule has 4 rings (SSSR count). The molecule has 1 N–H and O–H groups in total. The summed E-state index contributed by atoms with van der Waals surface area (Å²) in [5, 5.41) is 11.3. The van der Waals surface area contributed by atoms with E-state index in [0.717, 1.165) is 27.8 Å². The van der Waals surface area contributed by atoms with Gasteiger partial charge in [0.2, 0.25) is 0 Å². The lowest BCUT2D eigenvalue weighted by atomic mass is 10.1. The molecule has 0 atom stereocenters. The Kier molecular flexibility index (Phi) is 4.15. The van der Waals surface area contributed by atoms with Gasteiger partial charge in [0.1, 0.15) is 22.8 Å². The molecule has 0 spiro atoms. The first kappa shape index (κ1) is 16.0. The highest BCUT2D eigenvalue weighted by molar-refractivity contribution is 5.80. The molecule has 0 unspecified atom stereocenters. The third-order valence-corrected chi connectivity index (χ3v) is 4.09. The minimum atomic E-state index is 0.178. The third-order valence-electron chi connectivity index (χ3n) is 4.09. The van der Waals surface area contributed by atoms with Crippen molar-refractivity contribution in [2.24, 2.45) is 4.99 Å². The number of nitrogens with zero attached hydrogens (tertiary/aromatic N) is 1. The van der Waals surface area contributed by atoms with Crippen LogP contribution in [-0.4, -0.2) is 12.2 Å². The zero-order chi connectivity index (χ0) is 17.9. The third kappa shape index (κ3) is 3.17. The van der Waals surface area contributed by atoms with Gasteiger partial charge < -0.3 is 14.3 Å². The topological polar surface area (TPSA) is 55.0 Å². The van der Waals surface area contributed by atoms with E-state index in [-0.39, 0.29) is 5.75 Å². The number of aromatic hydroxyl groups is 1. The Morgan fingerprint density at radius 3 is 2.50 bits per heavy atom. The summed E-state index contributed by atoms with van der Waals surface area (Å²) in [6.45, 7) is 0. The Balaban J connectivity index is 2.01. The van der Waals surface area contributed by atoms with Gasteiger partial charge in [-0.25, -0.2) is 4.99 Å². The highest BCUT2D eigenvalue weighted by Gasteiger charge is 2.07. The summed E-state index contributed by atoms with van der Waals surface area (Å²) in [6.07, 6.45) is 0. The zero-order valence-corrected chi connectivity index (χ0v) is 14.2. The molecule has 0 aliphatic heterocycles. The van der Waals surface area contributed by atoms with Gasteiger partial charge in [0.25, 0.3) is 0 Å². The molecule has 0 bridgehead atoms. The molecule has 0 aliphatic carbocycles. The molecule has 4 heteroatoms. The van der Waals surface area contributed by atoms with Gasteiger partial charge in [0, 0.05) is 23.1 Å². The second-order valence-corrected chi connectivity index (χ2v) is 5.86. The first-order valence-electron chi connectivity index (χ1n) is 8.24. The molecule has 0 aliphatic rings. The fourth-order valence-corrected chi connectivity index (χ4v) is 2.81. The molecule has 1 aromatic heterocycles. The van der Waals surface area contributed by atoms with Gasteiger partial charge in [-0.05, 0) is 30.3 Å². The quantitative estimate of drug-likeness (QED) is 0.566. The van der Waals surface area contributed by atoms with Crippen molar-refractivity contribution in [3.8, 4) is 22.8 Å². The highest BCUT2D eigenvalue weighted by Crippen LogP contribution is 2.25. The lowest BCUT2D eigenvalue weighted by molar-refractivity contribution is 0.415. The molecule has 4 aromatic rings. The molecule has 3 aromatic carbocycles. The van der Waals surface area contributed by atoms with Crippen LogP contribution in [0.1, 0.15) is 0 Å². The van der Waals surface area contributed by atoms with Gasteiger partial charge in [-0.15, -0.1) is 0 Å². The molecule has 1 heterocycles. The average Bonchev–Trinajstić information content (AvgIpc) is 2.68. The van der Waals surface area contributed by atoms with E-state index in [0.29, 0.717) is 11.3 Å². The maximum absolute atomic E-state index is 9.72. The van der Waals surface area contributed by atoms with Crippen molar-refractivity contribution < 1.29 is 14.3 Å². The van der Waals surface area contributed by atoms with Crippen LogP contribution >= 0.6 is 0 Å². The van der Waals surface area contributed by atoms with Crippen molar-refractivity contribution in [3.05, 3.63) is 84.2 Å². The Labute approximate surface area is 150 Å². The van der Waals surface area contributed by atoms with E-state index in [2.05, 4.69) is 0 Å². The molecule has 0 saturated carbocycles. The smallest absolute Gasteiger partial charge is 0.137 e. The van der Waals surface area contributed by atoms with Crippen molar-refractivity contribution in [3.63, 3.8) is 0 Å². The van der Waals surface area contributed by atoms with E-state index < -0.39 is 0 Å². The van der Waals surface area contributed by atoms with Crippen LogP contribution in [0.3, 0.4) is 0 Å². The number of methoxy groups -OCH3 is 1. The fraction of sp³-hybridized carbons (Fsp3) is 0.0455.